The van der Waals surface area contributed by atoms with Crippen molar-refractivity contribution in [3.05, 3.63) is 57.8 Å². The Balaban J connectivity index is 1.78. The fraction of sp³-hybridized carbons (Fsp3) is 0.429. The van der Waals surface area contributed by atoms with E-state index >= 15 is 0 Å². The standard InChI is InChI=1S/C21H25N5O3/c1-13(2)12-25-19-15(6-5-14-4-3-9-22-10-14)11-23-26(19)21(29)17(20(25)28)18(27)24-16-7-8-16/h3-4,9-11,13,16,28H,5-8,12H2,1-2H3,(H,24,27). The van der Waals surface area contributed by atoms with Crippen LogP contribution in [0.2, 0.25) is 0 Å². The van der Waals surface area contributed by atoms with Crippen LogP contribution in [0.4, 0.5) is 0 Å². The van der Waals surface area contributed by atoms with Crippen LogP contribution in [0.5, 0.6) is 5.88 Å². The lowest BCUT2D eigenvalue weighted by molar-refractivity contribution is 0.0944. The third kappa shape index (κ3) is 3.87. The van der Waals surface area contributed by atoms with Crippen molar-refractivity contribution in [1.82, 2.24) is 24.5 Å². The van der Waals surface area contributed by atoms with Gasteiger partial charge in [-0.2, -0.15) is 9.61 Å². The van der Waals surface area contributed by atoms with Crippen molar-refractivity contribution < 1.29 is 9.90 Å². The fourth-order valence-electron chi connectivity index (χ4n) is 3.47. The van der Waals surface area contributed by atoms with Crippen molar-refractivity contribution in [3.8, 4) is 5.88 Å². The van der Waals surface area contributed by atoms with E-state index in [0.29, 0.717) is 18.6 Å². The van der Waals surface area contributed by atoms with Crippen LogP contribution in [0, 0.1) is 5.92 Å². The number of carbonyl (C=O) groups excluding carboxylic acids is 1. The van der Waals surface area contributed by atoms with Gasteiger partial charge in [-0.15, -0.1) is 0 Å². The Morgan fingerprint density at radius 2 is 2.10 bits per heavy atom. The van der Waals surface area contributed by atoms with Gasteiger partial charge in [-0.25, -0.2) is 0 Å². The topological polar surface area (TPSA) is 102 Å². The van der Waals surface area contributed by atoms with Gasteiger partial charge < -0.3 is 10.4 Å². The number of carbonyl (C=O) groups is 1. The zero-order chi connectivity index (χ0) is 20.5. The van der Waals surface area contributed by atoms with E-state index < -0.39 is 11.5 Å². The number of nitrogens with zero attached hydrogens (tertiary/aromatic N) is 4. The zero-order valence-corrected chi connectivity index (χ0v) is 16.6. The Labute approximate surface area is 168 Å². The van der Waals surface area contributed by atoms with E-state index in [0.717, 1.165) is 30.4 Å². The van der Waals surface area contributed by atoms with Crippen LogP contribution in [0.25, 0.3) is 5.65 Å². The highest BCUT2D eigenvalue weighted by Crippen LogP contribution is 2.24. The van der Waals surface area contributed by atoms with Gasteiger partial charge in [0, 0.05) is 30.5 Å². The molecule has 0 radical (unpaired) electrons. The molecule has 0 atom stereocenters. The van der Waals surface area contributed by atoms with E-state index in [1.807, 2.05) is 32.2 Å². The average Bonchev–Trinajstić information content (AvgIpc) is 3.40. The molecule has 3 aromatic heterocycles. The SMILES string of the molecule is CC(C)Cn1c(O)c(C(=O)NC2CC2)c(=O)n2ncc(CCc3cccnc3)c12. The van der Waals surface area contributed by atoms with Crippen LogP contribution in [0.3, 0.4) is 0 Å². The normalized spacial score (nSPS) is 13.9. The molecule has 0 saturated heterocycles. The average molecular weight is 395 g/mol. The second-order valence-electron chi connectivity index (χ2n) is 8.02. The first-order valence-corrected chi connectivity index (χ1v) is 9.98. The summed E-state index contributed by atoms with van der Waals surface area (Å²) >= 11 is 0. The molecule has 0 aromatic carbocycles. The number of rotatable bonds is 7. The van der Waals surface area contributed by atoms with Gasteiger partial charge in [-0.3, -0.25) is 19.1 Å². The van der Waals surface area contributed by atoms with Gasteiger partial charge in [0.05, 0.1) is 6.20 Å². The van der Waals surface area contributed by atoms with Gasteiger partial charge in [-0.1, -0.05) is 19.9 Å². The molecule has 2 N–H and O–H groups in total. The molecule has 1 fully saturated rings. The minimum absolute atomic E-state index is 0.0863. The molecule has 1 amide bonds. The third-order valence-electron chi connectivity index (χ3n) is 5.05. The molecule has 3 aromatic rings. The molecule has 8 nitrogen and oxygen atoms in total. The quantitative estimate of drug-likeness (QED) is 0.637. The Hall–Kier alpha value is -3.16. The van der Waals surface area contributed by atoms with Gasteiger partial charge in [0.2, 0.25) is 5.88 Å². The van der Waals surface area contributed by atoms with Gasteiger partial charge in [-0.05, 0) is 43.2 Å². The number of hydrogen-bond acceptors (Lipinski definition) is 5. The van der Waals surface area contributed by atoms with Crippen molar-refractivity contribution in [1.29, 1.82) is 0 Å². The van der Waals surface area contributed by atoms with E-state index in [2.05, 4.69) is 15.4 Å². The summed E-state index contributed by atoms with van der Waals surface area (Å²) in [5.74, 6) is -0.632. The summed E-state index contributed by atoms with van der Waals surface area (Å²) in [6, 6.07) is 3.97. The van der Waals surface area contributed by atoms with E-state index in [-0.39, 0.29) is 23.4 Å². The van der Waals surface area contributed by atoms with E-state index in [1.54, 1.807) is 17.0 Å². The predicted octanol–water partition coefficient (Wildman–Crippen LogP) is 1.93. The number of aromatic hydroxyl groups is 1. The van der Waals surface area contributed by atoms with E-state index in [9.17, 15) is 14.7 Å². The number of fused-ring (bicyclic) bond motifs is 1. The first-order valence-electron chi connectivity index (χ1n) is 9.98. The summed E-state index contributed by atoms with van der Waals surface area (Å²) in [4.78, 5) is 29.7. The summed E-state index contributed by atoms with van der Waals surface area (Å²) in [5.41, 5.74) is 1.62. The molecule has 1 saturated carbocycles. The van der Waals surface area contributed by atoms with Gasteiger partial charge in [0.25, 0.3) is 11.5 Å². The lowest BCUT2D eigenvalue weighted by atomic mass is 10.1. The second kappa shape index (κ2) is 7.69. The van der Waals surface area contributed by atoms with Crippen LogP contribution >= 0.6 is 0 Å². The number of amides is 1. The lowest BCUT2D eigenvalue weighted by Gasteiger charge is -2.17. The number of aryl methyl sites for hydroxylation is 2. The fourth-order valence-corrected chi connectivity index (χ4v) is 3.47. The maximum Gasteiger partial charge on any atom is 0.291 e. The van der Waals surface area contributed by atoms with Gasteiger partial charge >= 0.3 is 0 Å². The number of aromatic nitrogens is 4. The van der Waals surface area contributed by atoms with Crippen molar-refractivity contribution >= 4 is 11.6 Å². The highest BCUT2D eigenvalue weighted by Gasteiger charge is 2.29. The minimum atomic E-state index is -0.594. The maximum absolute atomic E-state index is 13.0. The molecule has 0 aliphatic heterocycles. The smallest absolute Gasteiger partial charge is 0.291 e. The van der Waals surface area contributed by atoms with Crippen LogP contribution in [0.15, 0.2) is 35.5 Å². The lowest BCUT2D eigenvalue weighted by Crippen LogP contribution is -2.34. The van der Waals surface area contributed by atoms with Crippen molar-refractivity contribution in [2.24, 2.45) is 5.92 Å². The third-order valence-corrected chi connectivity index (χ3v) is 5.05. The second-order valence-corrected chi connectivity index (χ2v) is 8.02. The summed E-state index contributed by atoms with van der Waals surface area (Å²) in [6.45, 7) is 4.50. The molecule has 0 bridgehead atoms. The van der Waals surface area contributed by atoms with Crippen molar-refractivity contribution in [3.63, 3.8) is 0 Å². The first kappa shape index (κ1) is 19.2. The highest BCUT2D eigenvalue weighted by molar-refractivity contribution is 5.96. The van der Waals surface area contributed by atoms with Gasteiger partial charge in [0.15, 0.2) is 5.56 Å². The molecule has 0 spiro atoms. The summed E-state index contributed by atoms with van der Waals surface area (Å²) < 4.78 is 2.88. The molecule has 8 heteroatoms. The monoisotopic (exact) mass is 395 g/mol. The highest BCUT2D eigenvalue weighted by atomic mass is 16.3. The summed E-state index contributed by atoms with van der Waals surface area (Å²) in [5, 5.41) is 17.9. The molecule has 29 heavy (non-hydrogen) atoms. The Morgan fingerprint density at radius 1 is 1.31 bits per heavy atom. The Morgan fingerprint density at radius 3 is 2.76 bits per heavy atom. The van der Waals surface area contributed by atoms with Crippen LogP contribution < -0.4 is 10.9 Å². The van der Waals surface area contributed by atoms with Crippen LogP contribution in [0.1, 0.15) is 48.2 Å². The molecule has 1 aliphatic carbocycles. The molecule has 4 rings (SSSR count). The number of pyridine rings is 1. The molecular weight excluding hydrogens is 370 g/mol. The van der Waals surface area contributed by atoms with Crippen LogP contribution in [-0.4, -0.2) is 36.2 Å². The van der Waals surface area contributed by atoms with E-state index in [1.165, 1.54) is 4.52 Å². The number of nitrogens with one attached hydrogen (secondary N) is 1. The molecular formula is C21H25N5O3. The molecule has 1 aliphatic rings. The minimum Gasteiger partial charge on any atom is -0.494 e. The van der Waals surface area contributed by atoms with Gasteiger partial charge in [0.1, 0.15) is 5.65 Å². The summed E-state index contributed by atoms with van der Waals surface area (Å²) in [6.07, 6.45) is 8.35. The first-order chi connectivity index (χ1) is 14.0. The Bertz CT molecular complexity index is 1100. The largest absolute Gasteiger partial charge is 0.494 e. The molecule has 3 heterocycles. The van der Waals surface area contributed by atoms with E-state index in [4.69, 9.17) is 0 Å². The van der Waals surface area contributed by atoms with Crippen LogP contribution in [-0.2, 0) is 19.4 Å². The summed E-state index contributed by atoms with van der Waals surface area (Å²) in [7, 11) is 0. The Kier molecular flexibility index (Phi) is 5.08. The maximum atomic E-state index is 13.0. The number of hydrogen-bond donors (Lipinski definition) is 2. The van der Waals surface area contributed by atoms with Crippen molar-refractivity contribution in [2.75, 3.05) is 0 Å². The molecule has 0 unspecified atom stereocenters. The van der Waals surface area contributed by atoms with Crippen molar-refractivity contribution in [2.45, 2.75) is 52.1 Å². The molecule has 152 valence electrons. The predicted molar refractivity (Wildman–Crippen MR) is 108 cm³/mol. The zero-order valence-electron chi connectivity index (χ0n) is 16.6.